The lowest BCUT2D eigenvalue weighted by molar-refractivity contribution is 0.0386. The lowest BCUT2D eigenvalue weighted by atomic mass is 10.0. The lowest BCUT2D eigenvalue weighted by Gasteiger charge is -2.05. The molecule has 2 aromatic rings. The van der Waals surface area contributed by atoms with Crippen molar-refractivity contribution in [3.05, 3.63) is 59.7 Å². The van der Waals surface area contributed by atoms with E-state index in [2.05, 4.69) is 24.3 Å². The zero-order valence-electron chi connectivity index (χ0n) is 10.6. The summed E-state index contributed by atoms with van der Waals surface area (Å²) in [6.07, 6.45) is 0.00528. The fraction of sp³-hybridized carbons (Fsp3) is 0.250. The molecule has 3 heteroatoms. The smallest absolute Gasteiger partial charge is 0.181 e. The normalized spacial score (nSPS) is 17.4. The molecule has 0 spiro atoms. The van der Waals surface area contributed by atoms with Crippen LogP contribution in [0.25, 0.3) is 11.1 Å². The fourth-order valence-corrected chi connectivity index (χ4v) is 1.92. The molecule has 0 aromatic heterocycles. The van der Waals surface area contributed by atoms with Gasteiger partial charge in [-0.1, -0.05) is 48.5 Å². The SMILES string of the molecule is OCc1ccc(-c2ccc(COC3CO3)cc2)cc1. The van der Waals surface area contributed by atoms with Crippen LogP contribution in [0.2, 0.25) is 0 Å². The highest BCUT2D eigenvalue weighted by molar-refractivity contribution is 5.63. The highest BCUT2D eigenvalue weighted by atomic mass is 16.8. The molecule has 1 fully saturated rings. The molecule has 0 aliphatic carbocycles. The maximum Gasteiger partial charge on any atom is 0.181 e. The van der Waals surface area contributed by atoms with Crippen LogP contribution in [0, 0.1) is 0 Å². The minimum absolute atomic E-state index is 0.00528. The van der Waals surface area contributed by atoms with Crippen molar-refractivity contribution in [1.29, 1.82) is 0 Å². The Balaban J connectivity index is 1.69. The van der Waals surface area contributed by atoms with Gasteiger partial charge in [0.1, 0.15) is 6.61 Å². The molecule has 98 valence electrons. The quantitative estimate of drug-likeness (QED) is 0.836. The molecule has 1 aliphatic heterocycles. The van der Waals surface area contributed by atoms with Crippen molar-refractivity contribution < 1.29 is 14.6 Å². The van der Waals surface area contributed by atoms with E-state index in [4.69, 9.17) is 14.6 Å². The first kappa shape index (κ1) is 12.4. The van der Waals surface area contributed by atoms with E-state index in [0.717, 1.165) is 28.9 Å². The highest BCUT2D eigenvalue weighted by Gasteiger charge is 2.22. The molecule has 3 rings (SSSR count). The summed E-state index contributed by atoms with van der Waals surface area (Å²) < 4.78 is 10.5. The third-order valence-corrected chi connectivity index (χ3v) is 3.16. The van der Waals surface area contributed by atoms with Crippen LogP contribution in [0.15, 0.2) is 48.5 Å². The van der Waals surface area contributed by atoms with E-state index in [-0.39, 0.29) is 12.9 Å². The lowest BCUT2D eigenvalue weighted by Crippen LogP contribution is -1.95. The average Bonchev–Trinajstić information content (AvgIpc) is 3.30. The number of hydrogen-bond donors (Lipinski definition) is 1. The van der Waals surface area contributed by atoms with Gasteiger partial charge in [-0.15, -0.1) is 0 Å². The zero-order valence-corrected chi connectivity index (χ0v) is 10.6. The first-order chi connectivity index (χ1) is 9.35. The number of rotatable bonds is 5. The predicted octanol–water partition coefficient (Wildman–Crippen LogP) is 2.72. The van der Waals surface area contributed by atoms with E-state index < -0.39 is 0 Å². The molecule has 0 bridgehead atoms. The summed E-state index contributed by atoms with van der Waals surface area (Å²) in [7, 11) is 0. The van der Waals surface area contributed by atoms with Gasteiger partial charge < -0.3 is 14.6 Å². The number of epoxide rings is 1. The van der Waals surface area contributed by atoms with Crippen molar-refractivity contribution in [2.24, 2.45) is 0 Å². The van der Waals surface area contributed by atoms with Gasteiger partial charge >= 0.3 is 0 Å². The van der Waals surface area contributed by atoms with Gasteiger partial charge in [-0.2, -0.15) is 0 Å². The van der Waals surface area contributed by atoms with Crippen molar-refractivity contribution in [2.45, 2.75) is 19.5 Å². The van der Waals surface area contributed by atoms with Gasteiger partial charge in [0.05, 0.1) is 13.2 Å². The summed E-state index contributed by atoms with van der Waals surface area (Å²) in [5, 5.41) is 9.02. The second-order valence-electron chi connectivity index (χ2n) is 4.63. The molecule has 1 unspecified atom stereocenters. The third kappa shape index (κ3) is 3.20. The Morgan fingerprint density at radius 3 is 1.95 bits per heavy atom. The Hall–Kier alpha value is -1.68. The molecule has 3 nitrogen and oxygen atoms in total. The minimum Gasteiger partial charge on any atom is -0.392 e. The van der Waals surface area contributed by atoms with Crippen molar-refractivity contribution in [2.75, 3.05) is 6.61 Å². The van der Waals surface area contributed by atoms with Crippen molar-refractivity contribution in [1.82, 2.24) is 0 Å². The summed E-state index contributed by atoms with van der Waals surface area (Å²) >= 11 is 0. The van der Waals surface area contributed by atoms with Crippen LogP contribution in [0.4, 0.5) is 0 Å². The summed E-state index contributed by atoms with van der Waals surface area (Å²) in [5.74, 6) is 0. The summed E-state index contributed by atoms with van der Waals surface area (Å²) in [6.45, 7) is 1.39. The molecular weight excluding hydrogens is 240 g/mol. The maximum absolute atomic E-state index is 9.02. The molecule has 19 heavy (non-hydrogen) atoms. The largest absolute Gasteiger partial charge is 0.392 e. The number of ether oxygens (including phenoxy) is 2. The van der Waals surface area contributed by atoms with Gasteiger partial charge in [-0.3, -0.25) is 0 Å². The van der Waals surface area contributed by atoms with Crippen LogP contribution in [0.3, 0.4) is 0 Å². The Bertz CT molecular complexity index is 527. The Labute approximate surface area is 112 Å². The maximum atomic E-state index is 9.02. The van der Waals surface area contributed by atoms with E-state index in [1.165, 1.54) is 0 Å². The minimum atomic E-state index is 0.00528. The second kappa shape index (κ2) is 5.53. The van der Waals surface area contributed by atoms with Crippen molar-refractivity contribution in [3.63, 3.8) is 0 Å². The fourth-order valence-electron chi connectivity index (χ4n) is 1.92. The van der Waals surface area contributed by atoms with Crippen LogP contribution in [0.1, 0.15) is 11.1 Å². The van der Waals surface area contributed by atoms with Crippen LogP contribution >= 0.6 is 0 Å². The Kier molecular flexibility index (Phi) is 3.60. The average molecular weight is 256 g/mol. The van der Waals surface area contributed by atoms with E-state index in [0.29, 0.717) is 6.61 Å². The molecule has 0 saturated carbocycles. The van der Waals surface area contributed by atoms with E-state index in [1.54, 1.807) is 0 Å². The molecule has 2 aromatic carbocycles. The zero-order chi connectivity index (χ0) is 13.1. The highest BCUT2D eigenvalue weighted by Crippen LogP contribution is 2.21. The molecule has 1 saturated heterocycles. The number of aliphatic hydroxyl groups excluding tert-OH is 1. The van der Waals surface area contributed by atoms with Gasteiger partial charge in [-0.05, 0) is 22.3 Å². The Morgan fingerprint density at radius 2 is 1.47 bits per heavy atom. The predicted molar refractivity (Wildman–Crippen MR) is 72.3 cm³/mol. The first-order valence-electron chi connectivity index (χ1n) is 6.37. The second-order valence-corrected chi connectivity index (χ2v) is 4.63. The topological polar surface area (TPSA) is 42.0 Å². The number of aliphatic hydroxyl groups is 1. The van der Waals surface area contributed by atoms with Crippen LogP contribution in [-0.2, 0) is 22.7 Å². The van der Waals surface area contributed by atoms with Crippen LogP contribution < -0.4 is 0 Å². The molecule has 0 amide bonds. The molecule has 0 radical (unpaired) electrons. The van der Waals surface area contributed by atoms with E-state index >= 15 is 0 Å². The monoisotopic (exact) mass is 256 g/mol. The van der Waals surface area contributed by atoms with Gasteiger partial charge in [-0.25, -0.2) is 0 Å². The number of benzene rings is 2. The van der Waals surface area contributed by atoms with E-state index in [1.807, 2.05) is 24.3 Å². The van der Waals surface area contributed by atoms with Gasteiger partial charge in [0.2, 0.25) is 0 Å². The van der Waals surface area contributed by atoms with Gasteiger partial charge in [0.25, 0.3) is 0 Å². The molecule has 1 heterocycles. The summed E-state index contributed by atoms with van der Waals surface area (Å²) in [6, 6.07) is 16.2. The number of hydrogen-bond acceptors (Lipinski definition) is 3. The Morgan fingerprint density at radius 1 is 0.947 bits per heavy atom. The first-order valence-corrected chi connectivity index (χ1v) is 6.37. The van der Waals surface area contributed by atoms with Gasteiger partial charge in [0.15, 0.2) is 6.29 Å². The van der Waals surface area contributed by atoms with Crippen molar-refractivity contribution in [3.8, 4) is 11.1 Å². The molecule has 1 aliphatic rings. The third-order valence-electron chi connectivity index (χ3n) is 3.16. The molecular formula is C16H16O3. The summed E-state index contributed by atoms with van der Waals surface area (Å²) in [5.41, 5.74) is 4.38. The van der Waals surface area contributed by atoms with Crippen molar-refractivity contribution >= 4 is 0 Å². The molecule has 1 atom stereocenters. The van der Waals surface area contributed by atoms with Crippen LogP contribution in [-0.4, -0.2) is 18.0 Å². The van der Waals surface area contributed by atoms with Crippen LogP contribution in [0.5, 0.6) is 0 Å². The standard InChI is InChI=1S/C16H16O3/c17-9-12-1-5-14(6-2-12)15-7-3-13(4-8-15)10-18-16-11-19-16/h1-8,16-17H,9-11H2. The molecule has 1 N–H and O–H groups in total. The summed E-state index contributed by atoms with van der Waals surface area (Å²) in [4.78, 5) is 0. The van der Waals surface area contributed by atoms with Gasteiger partial charge in [0, 0.05) is 0 Å². The van der Waals surface area contributed by atoms with E-state index in [9.17, 15) is 0 Å².